The zero-order valence-electron chi connectivity index (χ0n) is 10.4. The molecule has 1 aromatic carbocycles. The smallest absolute Gasteiger partial charge is 0.237 e. The maximum atomic E-state index is 11.2. The predicted molar refractivity (Wildman–Crippen MR) is 69.6 cm³/mol. The first-order valence-electron chi connectivity index (χ1n) is 5.64. The van der Waals surface area contributed by atoms with Gasteiger partial charge in [0.25, 0.3) is 0 Å². The normalized spacial score (nSPS) is 13.9. The van der Waals surface area contributed by atoms with E-state index in [0.29, 0.717) is 6.54 Å². The first-order valence-corrected chi connectivity index (χ1v) is 6.08. The van der Waals surface area contributed by atoms with Crippen LogP contribution >= 0.6 is 11.6 Å². The van der Waals surface area contributed by atoms with Gasteiger partial charge in [0.1, 0.15) is 17.2 Å². The molecule has 0 bridgehead atoms. The number of ether oxygens (including phenoxy) is 1. The highest BCUT2D eigenvalue weighted by molar-refractivity contribution is 6.30. The molecule has 17 heavy (non-hydrogen) atoms. The van der Waals surface area contributed by atoms with E-state index in [1.54, 1.807) is 6.92 Å². The maximum absolute atomic E-state index is 11.2. The fraction of sp³-hybridized carbons (Fsp3) is 0.462. The molecule has 1 N–H and O–H groups in total. The molecule has 0 spiro atoms. The summed E-state index contributed by atoms with van der Waals surface area (Å²) in [6, 6.07) is 7.80. The van der Waals surface area contributed by atoms with Gasteiger partial charge in [-0.1, -0.05) is 17.7 Å². The summed E-state index contributed by atoms with van der Waals surface area (Å²) in [5, 5.41) is 2.21. The lowest BCUT2D eigenvalue weighted by Gasteiger charge is -2.16. The van der Waals surface area contributed by atoms with Crippen molar-refractivity contribution in [1.29, 1.82) is 0 Å². The summed E-state index contributed by atoms with van der Waals surface area (Å²) in [6.07, 6.45) is -0.0860. The van der Waals surface area contributed by atoms with Gasteiger partial charge in [-0.05, 0) is 32.9 Å². The Balaban J connectivity index is 2.37. The average molecular weight is 256 g/mol. The van der Waals surface area contributed by atoms with Gasteiger partial charge >= 0.3 is 0 Å². The molecule has 0 fully saturated rings. The fourth-order valence-corrected chi connectivity index (χ4v) is 1.35. The van der Waals surface area contributed by atoms with Crippen molar-refractivity contribution < 1.29 is 9.53 Å². The van der Waals surface area contributed by atoms with Gasteiger partial charge in [-0.25, -0.2) is 0 Å². The molecule has 94 valence electrons. The predicted octanol–water partition coefficient (Wildman–Crippen LogP) is 2.51. The Labute approximate surface area is 107 Å². The molecular weight excluding hydrogens is 238 g/mol. The summed E-state index contributed by atoms with van der Waals surface area (Å²) >= 11 is 5.64. The molecule has 2 atom stereocenters. The second-order valence-electron chi connectivity index (χ2n) is 4.10. The zero-order valence-corrected chi connectivity index (χ0v) is 11.1. The fourth-order valence-electron chi connectivity index (χ4n) is 1.28. The maximum Gasteiger partial charge on any atom is 0.237 e. The second-order valence-corrected chi connectivity index (χ2v) is 4.76. The first-order chi connectivity index (χ1) is 7.99. The third kappa shape index (κ3) is 5.09. The van der Waals surface area contributed by atoms with E-state index in [4.69, 9.17) is 16.3 Å². The molecule has 2 unspecified atom stereocenters. The molecule has 1 rings (SSSR count). The molecule has 0 saturated carbocycles. The number of nitrogens with one attached hydrogen (secondary N) is 1. The van der Waals surface area contributed by atoms with Crippen LogP contribution in [-0.4, -0.2) is 23.9 Å². The minimum Gasteiger partial charge on any atom is -0.489 e. The monoisotopic (exact) mass is 255 g/mol. The van der Waals surface area contributed by atoms with Crippen molar-refractivity contribution in [3.63, 3.8) is 0 Å². The number of benzene rings is 1. The molecule has 0 aromatic heterocycles. The van der Waals surface area contributed by atoms with Crippen LogP contribution in [0.3, 0.4) is 0 Å². The first kappa shape index (κ1) is 13.8. The SMILES string of the molecule is Cc1ccc(OC(C)CNC(=O)C(C)Cl)cc1. The topological polar surface area (TPSA) is 38.3 Å². The molecule has 0 radical (unpaired) electrons. The number of hydrogen-bond donors (Lipinski definition) is 1. The number of alkyl halides is 1. The van der Waals surface area contributed by atoms with Crippen molar-refractivity contribution in [2.75, 3.05) is 6.54 Å². The van der Waals surface area contributed by atoms with Gasteiger partial charge in [-0.3, -0.25) is 4.79 Å². The zero-order chi connectivity index (χ0) is 12.8. The quantitative estimate of drug-likeness (QED) is 0.821. The Hall–Kier alpha value is -1.22. The molecule has 1 amide bonds. The highest BCUT2D eigenvalue weighted by Gasteiger charge is 2.10. The van der Waals surface area contributed by atoms with Gasteiger partial charge in [-0.15, -0.1) is 11.6 Å². The number of aryl methyl sites for hydroxylation is 1. The number of amides is 1. The largest absolute Gasteiger partial charge is 0.489 e. The Morgan fingerprint density at radius 3 is 2.47 bits per heavy atom. The van der Waals surface area contributed by atoms with Crippen molar-refractivity contribution >= 4 is 17.5 Å². The second kappa shape index (κ2) is 6.50. The van der Waals surface area contributed by atoms with Gasteiger partial charge in [0.15, 0.2) is 0 Å². The Kier molecular flexibility index (Phi) is 5.29. The van der Waals surface area contributed by atoms with E-state index in [1.165, 1.54) is 5.56 Å². The van der Waals surface area contributed by atoms with Crippen LogP contribution in [0.2, 0.25) is 0 Å². The van der Waals surface area contributed by atoms with Crippen LogP contribution < -0.4 is 10.1 Å². The van der Waals surface area contributed by atoms with Crippen LogP contribution in [0, 0.1) is 6.92 Å². The van der Waals surface area contributed by atoms with Crippen molar-refractivity contribution in [2.45, 2.75) is 32.3 Å². The molecule has 0 heterocycles. The molecule has 1 aromatic rings. The van der Waals surface area contributed by atoms with E-state index < -0.39 is 5.38 Å². The Morgan fingerprint density at radius 1 is 1.35 bits per heavy atom. The molecule has 0 aliphatic rings. The van der Waals surface area contributed by atoms with Crippen LogP contribution in [0.5, 0.6) is 5.75 Å². The van der Waals surface area contributed by atoms with E-state index in [1.807, 2.05) is 38.1 Å². The number of carbonyl (C=O) groups excluding carboxylic acids is 1. The van der Waals surface area contributed by atoms with Crippen molar-refractivity contribution in [3.05, 3.63) is 29.8 Å². The van der Waals surface area contributed by atoms with E-state index in [9.17, 15) is 4.79 Å². The number of rotatable bonds is 5. The summed E-state index contributed by atoms with van der Waals surface area (Å²) in [4.78, 5) is 11.2. The minimum absolute atomic E-state index is 0.0860. The molecule has 0 aliphatic carbocycles. The average Bonchev–Trinajstić information content (AvgIpc) is 2.29. The summed E-state index contributed by atoms with van der Waals surface area (Å²) in [7, 11) is 0. The lowest BCUT2D eigenvalue weighted by Crippen LogP contribution is -2.36. The van der Waals surface area contributed by atoms with Crippen LogP contribution in [-0.2, 0) is 4.79 Å². The van der Waals surface area contributed by atoms with Gasteiger partial charge in [0.05, 0.1) is 6.54 Å². The molecular formula is C13H18ClNO2. The van der Waals surface area contributed by atoms with E-state index >= 15 is 0 Å². The molecule has 3 nitrogen and oxygen atoms in total. The number of carbonyl (C=O) groups is 1. The van der Waals surface area contributed by atoms with Gasteiger partial charge in [0.2, 0.25) is 5.91 Å². The van der Waals surface area contributed by atoms with Crippen LogP contribution in [0.25, 0.3) is 0 Å². The standard InChI is InChI=1S/C13H18ClNO2/c1-9-4-6-12(7-5-9)17-10(2)8-15-13(16)11(3)14/h4-7,10-11H,8H2,1-3H3,(H,15,16). The third-order valence-corrected chi connectivity index (χ3v) is 2.48. The lowest BCUT2D eigenvalue weighted by atomic mass is 10.2. The van der Waals surface area contributed by atoms with Gasteiger partial charge < -0.3 is 10.1 Å². The van der Waals surface area contributed by atoms with E-state index in [0.717, 1.165) is 5.75 Å². The van der Waals surface area contributed by atoms with Crippen LogP contribution in [0.1, 0.15) is 19.4 Å². The Bertz CT molecular complexity index is 362. The van der Waals surface area contributed by atoms with Crippen LogP contribution in [0.4, 0.5) is 0 Å². The molecule has 4 heteroatoms. The molecule has 0 aliphatic heterocycles. The van der Waals surface area contributed by atoms with E-state index in [2.05, 4.69) is 5.32 Å². The van der Waals surface area contributed by atoms with Crippen molar-refractivity contribution in [1.82, 2.24) is 5.32 Å². The van der Waals surface area contributed by atoms with Crippen LogP contribution in [0.15, 0.2) is 24.3 Å². The summed E-state index contributed by atoms with van der Waals surface area (Å²) in [5.74, 6) is 0.627. The Morgan fingerprint density at radius 2 is 1.94 bits per heavy atom. The number of hydrogen-bond acceptors (Lipinski definition) is 2. The van der Waals surface area contributed by atoms with Gasteiger partial charge in [0, 0.05) is 0 Å². The van der Waals surface area contributed by atoms with E-state index in [-0.39, 0.29) is 12.0 Å². The summed E-state index contributed by atoms with van der Waals surface area (Å²) in [5.41, 5.74) is 1.19. The third-order valence-electron chi connectivity index (χ3n) is 2.28. The summed E-state index contributed by atoms with van der Waals surface area (Å²) in [6.45, 7) is 6.01. The van der Waals surface area contributed by atoms with Crippen molar-refractivity contribution in [2.24, 2.45) is 0 Å². The number of halogens is 1. The lowest BCUT2D eigenvalue weighted by molar-refractivity contribution is -0.120. The van der Waals surface area contributed by atoms with Gasteiger partial charge in [-0.2, -0.15) is 0 Å². The minimum atomic E-state index is -0.512. The highest BCUT2D eigenvalue weighted by atomic mass is 35.5. The molecule has 0 saturated heterocycles. The van der Waals surface area contributed by atoms with Crippen molar-refractivity contribution in [3.8, 4) is 5.75 Å². The summed E-state index contributed by atoms with van der Waals surface area (Å²) < 4.78 is 5.64. The highest BCUT2D eigenvalue weighted by Crippen LogP contribution is 2.12.